The first kappa shape index (κ1) is 17.0. The van der Waals surface area contributed by atoms with Crippen molar-refractivity contribution in [1.29, 1.82) is 0 Å². The molecule has 2 N–H and O–H groups in total. The number of carboxylic acids is 1. The molecule has 1 aromatic carbocycles. The Hall–Kier alpha value is -2.37. The molecule has 2 rings (SSSR count). The Morgan fingerprint density at radius 3 is 2.61 bits per heavy atom. The van der Waals surface area contributed by atoms with Crippen LogP contribution in [0.1, 0.15) is 43.3 Å². The average molecular weight is 321 g/mol. The molecule has 1 amide bonds. The molecule has 1 unspecified atom stereocenters. The van der Waals surface area contributed by atoms with Gasteiger partial charge in [-0.05, 0) is 38.0 Å². The Balaban J connectivity index is 2.36. The van der Waals surface area contributed by atoms with E-state index in [-0.39, 0.29) is 18.1 Å². The molecule has 5 nitrogen and oxygen atoms in total. The minimum absolute atomic E-state index is 0.0721. The van der Waals surface area contributed by atoms with Crippen LogP contribution in [-0.2, 0) is 4.79 Å². The second-order valence-electron chi connectivity index (χ2n) is 6.29. The van der Waals surface area contributed by atoms with E-state index in [9.17, 15) is 14.0 Å². The zero-order valence-electron chi connectivity index (χ0n) is 13.6. The van der Waals surface area contributed by atoms with Crippen LogP contribution in [0.15, 0.2) is 22.6 Å². The van der Waals surface area contributed by atoms with Gasteiger partial charge in [0.1, 0.15) is 11.4 Å². The third kappa shape index (κ3) is 3.36. The van der Waals surface area contributed by atoms with Crippen molar-refractivity contribution in [3.05, 3.63) is 35.3 Å². The number of carboxylic acid groups (broad SMARTS) is 1. The number of carbonyl (C=O) groups excluding carboxylic acids is 1. The van der Waals surface area contributed by atoms with Gasteiger partial charge in [-0.1, -0.05) is 13.8 Å². The SMILES string of the molecule is Cc1c(C(=O)NC(C)(CC(=O)O)C(C)C)oc2ccc(F)cc12. The molecular formula is C17H20FNO4. The van der Waals surface area contributed by atoms with Crippen molar-refractivity contribution < 1.29 is 23.5 Å². The van der Waals surface area contributed by atoms with Gasteiger partial charge in [0, 0.05) is 10.9 Å². The molecule has 0 aliphatic heterocycles. The summed E-state index contributed by atoms with van der Waals surface area (Å²) in [4.78, 5) is 23.6. The highest BCUT2D eigenvalue weighted by molar-refractivity contribution is 5.99. The average Bonchev–Trinajstić information content (AvgIpc) is 2.75. The maximum atomic E-state index is 13.3. The number of carbonyl (C=O) groups is 2. The van der Waals surface area contributed by atoms with E-state index < -0.39 is 23.2 Å². The molecule has 0 radical (unpaired) electrons. The molecule has 0 aliphatic carbocycles. The summed E-state index contributed by atoms with van der Waals surface area (Å²) in [7, 11) is 0. The van der Waals surface area contributed by atoms with Gasteiger partial charge in [0.2, 0.25) is 0 Å². The summed E-state index contributed by atoms with van der Waals surface area (Å²) in [6, 6.07) is 4.03. The fourth-order valence-electron chi connectivity index (χ4n) is 2.43. The van der Waals surface area contributed by atoms with E-state index in [4.69, 9.17) is 9.52 Å². The molecule has 1 heterocycles. The van der Waals surface area contributed by atoms with E-state index in [0.29, 0.717) is 16.5 Å². The zero-order chi connectivity index (χ0) is 17.4. The van der Waals surface area contributed by atoms with Crippen molar-refractivity contribution in [2.45, 2.75) is 39.7 Å². The third-order valence-corrected chi connectivity index (χ3v) is 4.30. The zero-order valence-corrected chi connectivity index (χ0v) is 13.6. The number of amides is 1. The van der Waals surface area contributed by atoms with Crippen LogP contribution in [-0.4, -0.2) is 22.5 Å². The van der Waals surface area contributed by atoms with Crippen LogP contribution in [0.4, 0.5) is 4.39 Å². The molecule has 0 fully saturated rings. The number of fused-ring (bicyclic) bond motifs is 1. The second kappa shape index (κ2) is 6.02. The first-order valence-corrected chi connectivity index (χ1v) is 7.37. The van der Waals surface area contributed by atoms with Gasteiger partial charge in [-0.15, -0.1) is 0 Å². The van der Waals surface area contributed by atoms with Gasteiger partial charge >= 0.3 is 5.97 Å². The number of aryl methyl sites for hydroxylation is 1. The minimum atomic E-state index is -0.995. The van der Waals surface area contributed by atoms with Crippen LogP contribution in [0, 0.1) is 18.7 Å². The largest absolute Gasteiger partial charge is 0.481 e. The Morgan fingerprint density at radius 1 is 1.39 bits per heavy atom. The molecule has 2 aromatic rings. The molecular weight excluding hydrogens is 301 g/mol. The Bertz CT molecular complexity index is 765. The lowest BCUT2D eigenvalue weighted by Crippen LogP contribution is -2.51. The van der Waals surface area contributed by atoms with Gasteiger partial charge in [-0.25, -0.2) is 4.39 Å². The summed E-state index contributed by atoms with van der Waals surface area (Å²) in [6.07, 6.45) is -0.204. The summed E-state index contributed by atoms with van der Waals surface area (Å²) in [5, 5.41) is 12.3. The highest BCUT2D eigenvalue weighted by atomic mass is 19.1. The number of hydrogen-bond donors (Lipinski definition) is 2. The van der Waals surface area contributed by atoms with E-state index in [0.717, 1.165) is 0 Å². The predicted molar refractivity (Wildman–Crippen MR) is 83.9 cm³/mol. The van der Waals surface area contributed by atoms with E-state index in [1.807, 2.05) is 13.8 Å². The van der Waals surface area contributed by atoms with E-state index in [1.165, 1.54) is 18.2 Å². The highest BCUT2D eigenvalue weighted by Gasteiger charge is 2.34. The monoisotopic (exact) mass is 321 g/mol. The van der Waals surface area contributed by atoms with Crippen molar-refractivity contribution in [2.24, 2.45) is 5.92 Å². The number of benzene rings is 1. The third-order valence-electron chi connectivity index (χ3n) is 4.30. The minimum Gasteiger partial charge on any atom is -0.481 e. The van der Waals surface area contributed by atoms with Gasteiger partial charge in [-0.2, -0.15) is 0 Å². The molecule has 124 valence electrons. The van der Waals surface area contributed by atoms with Crippen molar-refractivity contribution in [3.8, 4) is 0 Å². The van der Waals surface area contributed by atoms with Crippen LogP contribution < -0.4 is 5.32 Å². The first-order chi connectivity index (χ1) is 10.6. The number of hydrogen-bond acceptors (Lipinski definition) is 3. The molecule has 6 heteroatoms. The van der Waals surface area contributed by atoms with Crippen LogP contribution >= 0.6 is 0 Å². The van der Waals surface area contributed by atoms with Crippen LogP contribution in [0.2, 0.25) is 0 Å². The summed E-state index contributed by atoms with van der Waals surface area (Å²) < 4.78 is 18.9. The summed E-state index contributed by atoms with van der Waals surface area (Å²) in [5.74, 6) is -1.93. The molecule has 0 aliphatic rings. The lowest BCUT2D eigenvalue weighted by molar-refractivity contribution is -0.138. The topological polar surface area (TPSA) is 79.5 Å². The fraction of sp³-hybridized carbons (Fsp3) is 0.412. The maximum absolute atomic E-state index is 13.3. The number of aliphatic carboxylic acids is 1. The summed E-state index contributed by atoms with van der Waals surface area (Å²) >= 11 is 0. The summed E-state index contributed by atoms with van der Waals surface area (Å²) in [6.45, 7) is 7.03. The second-order valence-corrected chi connectivity index (χ2v) is 6.29. The molecule has 1 atom stereocenters. The highest BCUT2D eigenvalue weighted by Crippen LogP contribution is 2.28. The number of furan rings is 1. The van der Waals surface area contributed by atoms with Gasteiger partial charge in [0.15, 0.2) is 5.76 Å². The fourth-order valence-corrected chi connectivity index (χ4v) is 2.43. The Morgan fingerprint density at radius 2 is 2.04 bits per heavy atom. The number of nitrogens with one attached hydrogen (secondary N) is 1. The van der Waals surface area contributed by atoms with Crippen molar-refractivity contribution in [1.82, 2.24) is 5.32 Å². The van der Waals surface area contributed by atoms with Crippen molar-refractivity contribution in [3.63, 3.8) is 0 Å². The number of rotatable bonds is 5. The lowest BCUT2D eigenvalue weighted by atomic mass is 9.85. The van der Waals surface area contributed by atoms with Crippen LogP contribution in [0.3, 0.4) is 0 Å². The molecule has 0 bridgehead atoms. The molecule has 0 saturated carbocycles. The first-order valence-electron chi connectivity index (χ1n) is 7.37. The van der Waals surface area contributed by atoms with Crippen LogP contribution in [0.25, 0.3) is 11.0 Å². The quantitative estimate of drug-likeness (QED) is 0.883. The Labute approximate surface area is 133 Å². The lowest BCUT2D eigenvalue weighted by Gasteiger charge is -2.33. The Kier molecular flexibility index (Phi) is 4.45. The van der Waals surface area contributed by atoms with Gasteiger partial charge in [0.25, 0.3) is 5.91 Å². The van der Waals surface area contributed by atoms with Gasteiger partial charge < -0.3 is 14.8 Å². The molecule has 0 saturated heterocycles. The van der Waals surface area contributed by atoms with Crippen molar-refractivity contribution >= 4 is 22.8 Å². The molecule has 23 heavy (non-hydrogen) atoms. The van der Waals surface area contributed by atoms with Crippen molar-refractivity contribution in [2.75, 3.05) is 0 Å². The normalized spacial score (nSPS) is 14.0. The van der Waals surface area contributed by atoms with E-state index in [1.54, 1.807) is 13.8 Å². The molecule has 1 aromatic heterocycles. The molecule has 0 spiro atoms. The maximum Gasteiger partial charge on any atom is 0.305 e. The van der Waals surface area contributed by atoms with Crippen LogP contribution in [0.5, 0.6) is 0 Å². The summed E-state index contributed by atoms with van der Waals surface area (Å²) in [5.41, 5.74) is 0.0246. The predicted octanol–water partition coefficient (Wildman–Crippen LogP) is 3.50. The standard InChI is InChI=1S/C17H20FNO4/c1-9(2)17(4,8-14(20)21)19-16(22)15-10(3)12-7-11(18)5-6-13(12)23-15/h5-7,9H,8H2,1-4H3,(H,19,22)(H,20,21). The number of halogens is 1. The smallest absolute Gasteiger partial charge is 0.305 e. The van der Waals surface area contributed by atoms with E-state index in [2.05, 4.69) is 5.32 Å². The van der Waals surface area contributed by atoms with Gasteiger partial charge in [0.05, 0.1) is 12.0 Å². The van der Waals surface area contributed by atoms with E-state index >= 15 is 0 Å². The van der Waals surface area contributed by atoms with Gasteiger partial charge in [-0.3, -0.25) is 9.59 Å².